The van der Waals surface area contributed by atoms with Crippen LogP contribution in [0.4, 0.5) is 0 Å². The Balaban J connectivity index is 2.01. The molecule has 3 rings (SSSR count). The number of hydrogen-bond donors (Lipinski definition) is 0. The van der Waals surface area contributed by atoms with Crippen LogP contribution in [0.2, 0.25) is 10.2 Å². The fourth-order valence-electron chi connectivity index (χ4n) is 2.21. The molecule has 0 saturated carbocycles. The van der Waals surface area contributed by atoms with Gasteiger partial charge in [-0.3, -0.25) is 0 Å². The highest BCUT2D eigenvalue weighted by Crippen LogP contribution is 2.36. The molecule has 6 nitrogen and oxygen atoms in total. The van der Waals surface area contributed by atoms with Crippen molar-refractivity contribution in [1.29, 1.82) is 0 Å². The summed E-state index contributed by atoms with van der Waals surface area (Å²) in [7, 11) is 0. The van der Waals surface area contributed by atoms with Crippen molar-refractivity contribution in [1.82, 2.24) is 19.4 Å². The molecule has 0 aliphatic rings. The first-order valence-electron chi connectivity index (χ1n) is 7.43. The standard InChI is InChI=1S/C16H14Cl2N4O2S/c1-4-24-16(23)12-13(18)20-9(3)15(21-12)25-10-5-6-22-7-8(2)19-14(22)11(10)17/h5-7H,4H2,1-3H3. The lowest BCUT2D eigenvalue weighted by molar-refractivity contribution is 0.0518. The predicted molar refractivity (Wildman–Crippen MR) is 96.8 cm³/mol. The van der Waals surface area contributed by atoms with Gasteiger partial charge in [-0.05, 0) is 26.8 Å². The van der Waals surface area contributed by atoms with Crippen LogP contribution < -0.4 is 0 Å². The van der Waals surface area contributed by atoms with Crippen molar-refractivity contribution in [3.63, 3.8) is 0 Å². The van der Waals surface area contributed by atoms with Gasteiger partial charge in [0.15, 0.2) is 16.5 Å². The van der Waals surface area contributed by atoms with Crippen LogP contribution in [-0.2, 0) is 4.74 Å². The molecule has 0 amide bonds. The van der Waals surface area contributed by atoms with Gasteiger partial charge in [0.1, 0.15) is 5.03 Å². The molecule has 0 N–H and O–H groups in total. The Kier molecular flexibility index (Phi) is 5.17. The Hall–Kier alpha value is -1.83. The number of imidazole rings is 1. The van der Waals surface area contributed by atoms with Crippen LogP contribution in [0.25, 0.3) is 5.65 Å². The third-order valence-corrected chi connectivity index (χ3v) is 5.20. The van der Waals surface area contributed by atoms with Crippen molar-refractivity contribution in [3.8, 4) is 0 Å². The van der Waals surface area contributed by atoms with Crippen LogP contribution in [-0.4, -0.2) is 31.9 Å². The molecule has 3 aromatic rings. The van der Waals surface area contributed by atoms with E-state index in [1.165, 1.54) is 11.8 Å². The van der Waals surface area contributed by atoms with E-state index in [1.807, 2.05) is 29.8 Å². The Morgan fingerprint density at radius 3 is 2.76 bits per heavy atom. The smallest absolute Gasteiger partial charge is 0.360 e. The molecule has 3 aromatic heterocycles. The Labute approximate surface area is 158 Å². The Morgan fingerprint density at radius 2 is 2.04 bits per heavy atom. The summed E-state index contributed by atoms with van der Waals surface area (Å²) in [6, 6.07) is 1.86. The highest BCUT2D eigenvalue weighted by atomic mass is 35.5. The highest BCUT2D eigenvalue weighted by Gasteiger charge is 2.19. The molecule has 3 heterocycles. The maximum absolute atomic E-state index is 12.0. The number of carbonyl (C=O) groups excluding carboxylic acids is 1. The molecule has 0 aliphatic heterocycles. The van der Waals surface area contributed by atoms with Gasteiger partial charge in [0.25, 0.3) is 0 Å². The summed E-state index contributed by atoms with van der Waals surface area (Å²) in [6.45, 7) is 5.61. The van der Waals surface area contributed by atoms with Crippen LogP contribution in [0.3, 0.4) is 0 Å². The van der Waals surface area contributed by atoms with E-state index >= 15 is 0 Å². The minimum Gasteiger partial charge on any atom is -0.461 e. The molecule has 0 fully saturated rings. The molecular formula is C16H14Cl2N4O2S. The topological polar surface area (TPSA) is 69.4 Å². The van der Waals surface area contributed by atoms with Gasteiger partial charge in [-0.1, -0.05) is 35.0 Å². The number of aryl methyl sites for hydroxylation is 2. The van der Waals surface area contributed by atoms with Crippen molar-refractivity contribution in [2.75, 3.05) is 6.61 Å². The second-order valence-corrected chi connectivity index (χ2v) is 6.95. The molecule has 25 heavy (non-hydrogen) atoms. The number of aromatic nitrogens is 4. The number of hydrogen-bond acceptors (Lipinski definition) is 6. The summed E-state index contributed by atoms with van der Waals surface area (Å²) in [4.78, 5) is 25.6. The molecule has 9 heteroatoms. The van der Waals surface area contributed by atoms with Crippen LogP contribution in [0.5, 0.6) is 0 Å². The van der Waals surface area contributed by atoms with E-state index in [0.29, 0.717) is 21.4 Å². The normalized spacial score (nSPS) is 11.1. The first kappa shape index (κ1) is 18.0. The van der Waals surface area contributed by atoms with Gasteiger partial charge in [-0.15, -0.1) is 0 Å². The average molecular weight is 397 g/mol. The number of ether oxygens (including phenoxy) is 1. The first-order valence-corrected chi connectivity index (χ1v) is 9.00. The van der Waals surface area contributed by atoms with Gasteiger partial charge in [0.2, 0.25) is 0 Å². The quantitative estimate of drug-likeness (QED) is 0.609. The fourth-order valence-corrected chi connectivity index (χ4v) is 3.62. The van der Waals surface area contributed by atoms with Crippen molar-refractivity contribution in [2.24, 2.45) is 0 Å². The predicted octanol–water partition coefficient (Wildman–Crippen LogP) is 4.38. The van der Waals surface area contributed by atoms with Gasteiger partial charge in [0, 0.05) is 17.3 Å². The zero-order valence-electron chi connectivity index (χ0n) is 13.7. The summed E-state index contributed by atoms with van der Waals surface area (Å²) >= 11 is 13.8. The Bertz CT molecular complexity index is 974. The van der Waals surface area contributed by atoms with Gasteiger partial charge in [0.05, 0.1) is 23.0 Å². The molecular weight excluding hydrogens is 383 g/mol. The minimum absolute atomic E-state index is 0.00882. The number of esters is 1. The third kappa shape index (κ3) is 3.58. The molecule has 0 spiro atoms. The van der Waals surface area contributed by atoms with E-state index in [1.54, 1.807) is 13.8 Å². The molecule has 0 aliphatic carbocycles. The van der Waals surface area contributed by atoms with Crippen LogP contribution in [0.1, 0.15) is 28.8 Å². The van der Waals surface area contributed by atoms with Gasteiger partial charge >= 0.3 is 5.97 Å². The Morgan fingerprint density at radius 1 is 1.28 bits per heavy atom. The van der Waals surface area contributed by atoms with E-state index in [0.717, 1.165) is 10.6 Å². The minimum atomic E-state index is -0.604. The monoisotopic (exact) mass is 396 g/mol. The molecule has 0 radical (unpaired) electrons. The first-order chi connectivity index (χ1) is 11.9. The van der Waals surface area contributed by atoms with Crippen LogP contribution >= 0.6 is 35.0 Å². The number of nitrogens with zero attached hydrogens (tertiary/aromatic N) is 4. The summed E-state index contributed by atoms with van der Waals surface area (Å²) in [6.07, 6.45) is 3.76. The summed E-state index contributed by atoms with van der Waals surface area (Å²) in [5.74, 6) is -0.604. The van der Waals surface area contributed by atoms with Crippen LogP contribution in [0, 0.1) is 13.8 Å². The van der Waals surface area contributed by atoms with Gasteiger partial charge < -0.3 is 9.14 Å². The molecule has 0 aromatic carbocycles. The highest BCUT2D eigenvalue weighted by molar-refractivity contribution is 7.99. The number of rotatable bonds is 4. The molecule has 0 unspecified atom stereocenters. The van der Waals surface area contributed by atoms with Crippen molar-refractivity contribution in [3.05, 3.63) is 45.7 Å². The average Bonchev–Trinajstić information content (AvgIpc) is 2.94. The summed E-state index contributed by atoms with van der Waals surface area (Å²) in [5, 5.41) is 1.06. The van der Waals surface area contributed by atoms with E-state index in [2.05, 4.69) is 15.0 Å². The molecule has 0 bridgehead atoms. The zero-order valence-corrected chi connectivity index (χ0v) is 16.0. The van der Waals surface area contributed by atoms with E-state index in [9.17, 15) is 4.79 Å². The lowest BCUT2D eigenvalue weighted by Gasteiger charge is -2.09. The SMILES string of the molecule is CCOC(=O)c1nc(Sc2ccn3cc(C)nc3c2Cl)c(C)nc1Cl. The lowest BCUT2D eigenvalue weighted by Crippen LogP contribution is -2.10. The second kappa shape index (κ2) is 7.19. The second-order valence-electron chi connectivity index (χ2n) is 5.18. The zero-order chi connectivity index (χ0) is 18.1. The lowest BCUT2D eigenvalue weighted by atomic mass is 10.4. The summed E-state index contributed by atoms with van der Waals surface area (Å²) < 4.78 is 6.82. The van der Waals surface area contributed by atoms with Crippen LogP contribution in [0.15, 0.2) is 28.4 Å². The number of pyridine rings is 1. The number of halogens is 2. The van der Waals surface area contributed by atoms with E-state index < -0.39 is 5.97 Å². The van der Waals surface area contributed by atoms with Crippen molar-refractivity contribution >= 4 is 46.6 Å². The maximum Gasteiger partial charge on any atom is 0.360 e. The maximum atomic E-state index is 12.0. The summed E-state index contributed by atoms with van der Waals surface area (Å²) in [5.41, 5.74) is 2.12. The molecule has 0 atom stereocenters. The van der Waals surface area contributed by atoms with E-state index in [4.69, 9.17) is 27.9 Å². The van der Waals surface area contributed by atoms with E-state index in [-0.39, 0.29) is 17.5 Å². The number of carbonyl (C=O) groups is 1. The third-order valence-electron chi connectivity index (χ3n) is 3.31. The van der Waals surface area contributed by atoms with Gasteiger partial charge in [-0.2, -0.15) is 0 Å². The van der Waals surface area contributed by atoms with Gasteiger partial charge in [-0.25, -0.2) is 19.7 Å². The largest absolute Gasteiger partial charge is 0.461 e. The number of fused-ring (bicyclic) bond motifs is 1. The van der Waals surface area contributed by atoms with Crippen molar-refractivity contribution in [2.45, 2.75) is 30.7 Å². The fraction of sp³-hybridized carbons (Fsp3) is 0.250. The molecule has 130 valence electrons. The molecule has 0 saturated heterocycles. The van der Waals surface area contributed by atoms with Crippen molar-refractivity contribution < 1.29 is 9.53 Å².